The first-order valence-corrected chi connectivity index (χ1v) is 7.65. The van der Waals surface area contributed by atoms with Crippen molar-refractivity contribution in [3.05, 3.63) is 16.9 Å². The Balaban J connectivity index is 2.20. The van der Waals surface area contributed by atoms with Crippen LogP contribution >= 0.6 is 11.6 Å². The molecular formula is C14H24ClN3O. The van der Waals surface area contributed by atoms with Crippen LogP contribution in [-0.4, -0.2) is 39.4 Å². The highest BCUT2D eigenvalue weighted by molar-refractivity contribution is 6.31. The average molecular weight is 286 g/mol. The van der Waals surface area contributed by atoms with Crippen LogP contribution in [0, 0.1) is 0 Å². The largest absolute Gasteiger partial charge is 0.383 e. The van der Waals surface area contributed by atoms with Gasteiger partial charge < -0.3 is 10.0 Å². The number of aryl methyl sites for hydroxylation is 1. The van der Waals surface area contributed by atoms with Gasteiger partial charge in [-0.3, -0.25) is 4.68 Å². The molecule has 0 radical (unpaired) electrons. The second kappa shape index (κ2) is 6.25. The molecule has 1 atom stereocenters. The molecule has 1 aromatic rings. The van der Waals surface area contributed by atoms with E-state index < -0.39 is 5.60 Å². The van der Waals surface area contributed by atoms with Gasteiger partial charge >= 0.3 is 0 Å². The molecule has 0 bridgehead atoms. The zero-order chi connectivity index (χ0) is 13.9. The Kier molecular flexibility index (Phi) is 4.87. The maximum atomic E-state index is 11.0. The van der Waals surface area contributed by atoms with Crippen molar-refractivity contribution in [2.45, 2.75) is 51.7 Å². The van der Waals surface area contributed by atoms with Gasteiger partial charge in [0, 0.05) is 13.1 Å². The summed E-state index contributed by atoms with van der Waals surface area (Å²) in [5.74, 6) is 0. The van der Waals surface area contributed by atoms with Gasteiger partial charge in [0.1, 0.15) is 5.60 Å². The Morgan fingerprint density at radius 1 is 1.37 bits per heavy atom. The van der Waals surface area contributed by atoms with E-state index in [9.17, 15) is 5.11 Å². The molecule has 108 valence electrons. The van der Waals surface area contributed by atoms with Gasteiger partial charge in [-0.1, -0.05) is 18.5 Å². The van der Waals surface area contributed by atoms with E-state index in [1.54, 1.807) is 6.20 Å². The van der Waals surface area contributed by atoms with Crippen molar-refractivity contribution in [1.29, 1.82) is 0 Å². The van der Waals surface area contributed by atoms with Crippen molar-refractivity contribution in [2.24, 2.45) is 0 Å². The third kappa shape index (κ3) is 3.12. The van der Waals surface area contributed by atoms with Crippen LogP contribution in [0.4, 0.5) is 0 Å². The van der Waals surface area contributed by atoms with Crippen LogP contribution in [0.25, 0.3) is 0 Å². The van der Waals surface area contributed by atoms with Gasteiger partial charge in [-0.15, -0.1) is 0 Å². The molecule has 0 spiro atoms. The van der Waals surface area contributed by atoms with Gasteiger partial charge in [-0.2, -0.15) is 5.10 Å². The van der Waals surface area contributed by atoms with E-state index in [4.69, 9.17) is 11.6 Å². The topological polar surface area (TPSA) is 41.3 Å². The predicted octanol–water partition coefficient (Wildman–Crippen LogP) is 2.64. The lowest BCUT2D eigenvalue weighted by atomic mass is 9.91. The fraction of sp³-hybridized carbons (Fsp3) is 0.786. The molecular weight excluding hydrogens is 262 g/mol. The van der Waals surface area contributed by atoms with E-state index in [2.05, 4.69) is 16.9 Å². The van der Waals surface area contributed by atoms with Crippen LogP contribution in [0.2, 0.25) is 5.02 Å². The molecule has 5 heteroatoms. The number of aliphatic hydroxyl groups is 1. The molecule has 0 saturated carbocycles. The number of nitrogens with zero attached hydrogens (tertiary/aromatic N) is 3. The lowest BCUT2D eigenvalue weighted by Gasteiger charge is -2.28. The zero-order valence-corrected chi connectivity index (χ0v) is 12.7. The van der Waals surface area contributed by atoms with Crippen molar-refractivity contribution in [1.82, 2.24) is 14.7 Å². The molecule has 1 unspecified atom stereocenters. The first-order valence-electron chi connectivity index (χ1n) is 7.27. The van der Waals surface area contributed by atoms with Gasteiger partial charge in [0.2, 0.25) is 0 Å². The molecule has 0 amide bonds. The minimum Gasteiger partial charge on any atom is -0.383 e. The van der Waals surface area contributed by atoms with E-state index in [1.807, 2.05) is 11.6 Å². The summed E-state index contributed by atoms with van der Waals surface area (Å²) < 4.78 is 1.83. The van der Waals surface area contributed by atoms with Crippen LogP contribution in [0.3, 0.4) is 0 Å². The van der Waals surface area contributed by atoms with Gasteiger partial charge in [-0.05, 0) is 45.7 Å². The highest BCUT2D eigenvalue weighted by atomic mass is 35.5. The number of aromatic nitrogens is 2. The Labute approximate surface area is 120 Å². The summed E-state index contributed by atoms with van der Waals surface area (Å²) >= 11 is 6.24. The lowest BCUT2D eigenvalue weighted by Crippen LogP contribution is -2.32. The highest BCUT2D eigenvalue weighted by Gasteiger charge is 2.36. The van der Waals surface area contributed by atoms with Crippen LogP contribution in [0.1, 0.15) is 45.2 Å². The maximum Gasteiger partial charge on any atom is 0.109 e. The Morgan fingerprint density at radius 2 is 2.16 bits per heavy atom. The maximum absolute atomic E-state index is 11.0. The molecule has 0 aliphatic carbocycles. The van der Waals surface area contributed by atoms with E-state index in [0.29, 0.717) is 5.02 Å². The SMILES string of the molecule is CCCN1CCCC(O)(c2c(Cl)cnn2CC)CC1. The summed E-state index contributed by atoms with van der Waals surface area (Å²) in [6.07, 6.45) is 5.30. The Morgan fingerprint density at radius 3 is 2.84 bits per heavy atom. The second-order valence-electron chi connectivity index (χ2n) is 5.38. The number of hydrogen-bond acceptors (Lipinski definition) is 3. The smallest absolute Gasteiger partial charge is 0.109 e. The summed E-state index contributed by atoms with van der Waals surface area (Å²) in [6, 6.07) is 0. The van der Waals surface area contributed by atoms with E-state index in [1.165, 1.54) is 0 Å². The molecule has 1 saturated heterocycles. The summed E-state index contributed by atoms with van der Waals surface area (Å²) in [5, 5.41) is 15.9. The molecule has 2 heterocycles. The molecule has 1 aromatic heterocycles. The van der Waals surface area contributed by atoms with E-state index in [-0.39, 0.29) is 0 Å². The summed E-state index contributed by atoms with van der Waals surface area (Å²) in [7, 11) is 0. The van der Waals surface area contributed by atoms with Crippen molar-refractivity contribution in [3.8, 4) is 0 Å². The van der Waals surface area contributed by atoms with Crippen LogP contribution < -0.4 is 0 Å². The second-order valence-corrected chi connectivity index (χ2v) is 5.79. The van der Waals surface area contributed by atoms with Crippen LogP contribution in [0.15, 0.2) is 6.20 Å². The van der Waals surface area contributed by atoms with Crippen LogP contribution in [0.5, 0.6) is 0 Å². The van der Waals surface area contributed by atoms with Crippen molar-refractivity contribution in [3.63, 3.8) is 0 Å². The molecule has 1 fully saturated rings. The van der Waals surface area contributed by atoms with E-state index in [0.717, 1.165) is 57.6 Å². The first-order chi connectivity index (χ1) is 9.10. The van der Waals surface area contributed by atoms with Crippen molar-refractivity contribution in [2.75, 3.05) is 19.6 Å². The van der Waals surface area contributed by atoms with Gasteiger partial charge in [0.25, 0.3) is 0 Å². The third-order valence-corrected chi connectivity index (χ3v) is 4.26. The molecule has 19 heavy (non-hydrogen) atoms. The fourth-order valence-electron chi connectivity index (χ4n) is 3.02. The van der Waals surface area contributed by atoms with Gasteiger partial charge in [0.05, 0.1) is 16.9 Å². The number of halogens is 1. The predicted molar refractivity (Wildman–Crippen MR) is 77.4 cm³/mol. The first kappa shape index (κ1) is 14.8. The highest BCUT2D eigenvalue weighted by Crippen LogP contribution is 2.36. The summed E-state index contributed by atoms with van der Waals surface area (Å²) in [6.45, 7) is 8.06. The molecule has 2 rings (SSSR count). The lowest BCUT2D eigenvalue weighted by molar-refractivity contribution is 0.0127. The third-order valence-electron chi connectivity index (χ3n) is 3.98. The zero-order valence-electron chi connectivity index (χ0n) is 11.9. The molecule has 1 N–H and O–H groups in total. The number of rotatable bonds is 4. The minimum atomic E-state index is -0.827. The molecule has 4 nitrogen and oxygen atoms in total. The fourth-order valence-corrected chi connectivity index (χ4v) is 3.33. The quantitative estimate of drug-likeness (QED) is 0.925. The molecule has 1 aliphatic heterocycles. The number of hydrogen-bond donors (Lipinski definition) is 1. The molecule has 0 aromatic carbocycles. The minimum absolute atomic E-state index is 0.591. The standard InChI is InChI=1S/C14H24ClN3O/c1-3-8-17-9-5-6-14(19,7-10-17)13-12(15)11-16-18(13)4-2/h11,19H,3-10H2,1-2H3. The van der Waals surface area contributed by atoms with Gasteiger partial charge in [0.15, 0.2) is 0 Å². The summed E-state index contributed by atoms with van der Waals surface area (Å²) in [4.78, 5) is 2.43. The number of likely N-dealkylation sites (tertiary alicyclic amines) is 1. The van der Waals surface area contributed by atoms with Crippen molar-refractivity contribution >= 4 is 11.6 Å². The Bertz CT molecular complexity index is 421. The summed E-state index contributed by atoms with van der Waals surface area (Å²) in [5.41, 5.74) is -0.0264. The molecule has 1 aliphatic rings. The van der Waals surface area contributed by atoms with E-state index >= 15 is 0 Å². The average Bonchev–Trinajstić information content (AvgIpc) is 2.67. The monoisotopic (exact) mass is 285 g/mol. The normalized spacial score (nSPS) is 25.5. The Hall–Kier alpha value is -0.580. The van der Waals surface area contributed by atoms with Crippen molar-refractivity contribution < 1.29 is 5.11 Å². The van der Waals surface area contributed by atoms with Gasteiger partial charge in [-0.25, -0.2) is 0 Å². The van der Waals surface area contributed by atoms with Crippen LogP contribution in [-0.2, 0) is 12.1 Å².